The van der Waals surface area contributed by atoms with Gasteiger partial charge in [0.05, 0.1) is 0 Å². The van der Waals surface area contributed by atoms with Crippen molar-refractivity contribution in [3.05, 3.63) is 0 Å². The Kier molecular flexibility index (Phi) is 3.80. The minimum Gasteiger partial charge on any atom is -0.480 e. The highest BCUT2D eigenvalue weighted by Crippen LogP contribution is 2.20. The van der Waals surface area contributed by atoms with E-state index >= 15 is 0 Å². The molecule has 1 saturated heterocycles. The van der Waals surface area contributed by atoms with Crippen LogP contribution in [0.3, 0.4) is 0 Å². The average molecular weight is 223 g/mol. The molecule has 0 radical (unpaired) electrons. The molecule has 1 heterocycles. The van der Waals surface area contributed by atoms with Crippen molar-refractivity contribution in [1.29, 1.82) is 0 Å². The molecule has 2 atom stereocenters. The highest BCUT2D eigenvalue weighted by Gasteiger charge is 2.35. The van der Waals surface area contributed by atoms with E-state index in [-0.39, 0.29) is 11.8 Å². The van der Waals surface area contributed by atoms with E-state index in [1.807, 2.05) is 0 Å². The van der Waals surface area contributed by atoms with Crippen LogP contribution >= 0.6 is 12.6 Å². The Bertz CT molecular complexity index is 244. The molecule has 1 N–H and O–H groups in total. The van der Waals surface area contributed by atoms with Gasteiger partial charge in [0.15, 0.2) is 0 Å². The summed E-state index contributed by atoms with van der Waals surface area (Å²) in [5, 5.41) is 8.87. The maximum Gasteiger partial charge on any atom is 0.326 e. The van der Waals surface area contributed by atoms with Crippen molar-refractivity contribution in [2.45, 2.75) is 25.8 Å². The number of hydrogen-bond donors (Lipinski definition) is 2. The van der Waals surface area contributed by atoms with Gasteiger partial charge < -0.3 is 10.0 Å². The van der Waals surface area contributed by atoms with E-state index in [2.05, 4.69) is 12.6 Å². The molecule has 0 aromatic rings. The highest BCUT2D eigenvalue weighted by atomic mass is 32.1. The van der Waals surface area contributed by atoms with Gasteiger partial charge >= 0.3 is 5.97 Å². The van der Waals surface area contributed by atoms with Gasteiger partial charge in [-0.2, -0.15) is 12.6 Å². The monoisotopic (exact) mass is 223 g/mol. The normalized spacial score (nSPS) is 23.6. The molecule has 4 nitrogen and oxygen atoms in total. The zero-order valence-corrected chi connectivity index (χ0v) is 9.04. The zero-order valence-electron chi connectivity index (χ0n) is 8.14. The summed E-state index contributed by atoms with van der Waals surface area (Å²) < 4.78 is 0. The van der Waals surface area contributed by atoms with Gasteiger partial charge in [0, 0.05) is 18.2 Å². The SMILES string of the molecule is C[C@H](CS)C(=O)[15N]1[13CH2][13CH2][13CH2][13C@H]1[13C](=O)O. The van der Waals surface area contributed by atoms with Gasteiger partial charge in [0.1, 0.15) is 6.04 Å². The van der Waals surface area contributed by atoms with E-state index in [1.165, 1.54) is 4.90 Å². The Morgan fingerprint density at radius 3 is 2.79 bits per heavy atom. The second kappa shape index (κ2) is 4.68. The fraction of sp³-hybridized carbons (Fsp3) is 0.778. The van der Waals surface area contributed by atoms with Crippen molar-refractivity contribution in [2.75, 3.05) is 12.3 Å². The Hall–Kier alpha value is -0.710. The van der Waals surface area contributed by atoms with Crippen LogP contribution in [0.15, 0.2) is 0 Å². The molecular formula is C9H15NO3S. The van der Waals surface area contributed by atoms with Crippen LogP contribution in [0.4, 0.5) is 0 Å². The van der Waals surface area contributed by atoms with Gasteiger partial charge in [-0.1, -0.05) is 6.92 Å². The molecule has 0 aromatic heterocycles. The fourth-order valence-corrected chi connectivity index (χ4v) is 1.80. The molecule has 0 unspecified atom stereocenters. The number of thiol groups is 1. The number of carboxylic acid groups (broad SMARTS) is 1. The predicted octanol–water partition coefficient (Wildman–Crippen LogP) is 0.628. The molecule has 1 rings (SSSR count). The zero-order chi connectivity index (χ0) is 10.7. The molecular weight excluding hydrogens is 208 g/mol. The molecule has 0 saturated carbocycles. The molecule has 14 heavy (non-hydrogen) atoms. The van der Waals surface area contributed by atoms with E-state index in [4.69, 9.17) is 5.11 Å². The van der Waals surface area contributed by atoms with Crippen LogP contribution in [0.1, 0.15) is 19.8 Å². The minimum absolute atomic E-state index is 0.0927. The van der Waals surface area contributed by atoms with E-state index in [0.29, 0.717) is 18.7 Å². The summed E-state index contributed by atoms with van der Waals surface area (Å²) in [5.74, 6) is -0.729. The van der Waals surface area contributed by atoms with Crippen LogP contribution in [-0.4, -0.2) is 40.2 Å². The number of nitrogens with zero attached hydrogens (tertiary/aromatic N) is 1. The minimum atomic E-state index is -0.901. The largest absolute Gasteiger partial charge is 0.480 e. The first-order valence-electron chi connectivity index (χ1n) is 4.72. The van der Waals surface area contributed by atoms with Crippen molar-refractivity contribution < 1.29 is 14.7 Å². The number of amides is 1. The molecule has 5 heteroatoms. The summed E-state index contributed by atoms with van der Waals surface area (Å²) in [6.07, 6.45) is 1.35. The lowest BCUT2D eigenvalue weighted by molar-refractivity contribution is -0.149. The Morgan fingerprint density at radius 1 is 1.64 bits per heavy atom. The van der Waals surface area contributed by atoms with Gasteiger partial charge in [0.2, 0.25) is 5.91 Å². The molecule has 1 fully saturated rings. The Balaban J connectivity index is 2.67. The highest BCUT2D eigenvalue weighted by molar-refractivity contribution is 7.80. The third-order valence-electron chi connectivity index (χ3n) is 2.52. The molecule has 0 aliphatic carbocycles. The van der Waals surface area contributed by atoms with Crippen molar-refractivity contribution in [2.24, 2.45) is 5.92 Å². The summed E-state index contributed by atoms with van der Waals surface area (Å²) >= 11 is 4.03. The molecule has 80 valence electrons. The smallest absolute Gasteiger partial charge is 0.326 e. The summed E-state index contributed by atoms with van der Waals surface area (Å²) in [4.78, 5) is 24.0. The van der Waals surface area contributed by atoms with Crippen molar-refractivity contribution in [1.82, 2.24) is 4.90 Å². The molecule has 1 aliphatic heterocycles. The van der Waals surface area contributed by atoms with Crippen LogP contribution < -0.4 is 0 Å². The first-order valence-corrected chi connectivity index (χ1v) is 5.35. The Labute approximate surface area is 88.7 Å². The second-order valence-corrected chi connectivity index (χ2v) is 3.98. The van der Waals surface area contributed by atoms with E-state index in [9.17, 15) is 9.59 Å². The number of aliphatic carboxylic acids is 1. The molecule has 0 spiro atoms. The lowest BCUT2D eigenvalue weighted by Crippen LogP contribution is -2.43. The number of hydrogen-bond acceptors (Lipinski definition) is 3. The maximum absolute atomic E-state index is 11.7. The van der Waals surface area contributed by atoms with Gasteiger partial charge in [-0.15, -0.1) is 0 Å². The molecule has 1 amide bonds. The second-order valence-electron chi connectivity index (χ2n) is 3.61. The van der Waals surface area contributed by atoms with Gasteiger partial charge in [-0.25, -0.2) is 4.79 Å². The van der Waals surface area contributed by atoms with Gasteiger partial charge in [-0.3, -0.25) is 4.79 Å². The van der Waals surface area contributed by atoms with Crippen LogP contribution in [0.2, 0.25) is 0 Å². The van der Waals surface area contributed by atoms with Crippen LogP contribution in [0.5, 0.6) is 0 Å². The summed E-state index contributed by atoms with van der Waals surface area (Å²) in [7, 11) is 0. The number of carbonyl (C=O) groups is 2. The van der Waals surface area contributed by atoms with Crippen molar-refractivity contribution in [3.63, 3.8) is 0 Å². The third kappa shape index (κ3) is 2.20. The molecule has 1 aliphatic rings. The number of likely N-dealkylation sites (tertiary alicyclic amines) is 1. The standard InChI is InChI=1S/C9H15NO3S/c1-6(5-14)8(11)10-4-2-3-7(10)9(12)13/h6-7,14H,2-5H2,1H3,(H,12,13)/t6-,7+/m1/s1/i2+1,3+1,4+1,7+1,9+1,10+1. The first-order chi connectivity index (χ1) is 6.57. The predicted molar refractivity (Wildman–Crippen MR) is 55.4 cm³/mol. The Morgan fingerprint density at radius 2 is 2.29 bits per heavy atom. The van der Waals surface area contributed by atoms with E-state index < -0.39 is 12.0 Å². The maximum atomic E-state index is 11.7. The quantitative estimate of drug-likeness (QED) is 0.419. The number of carboxylic acids is 1. The number of rotatable bonds is 3. The fourth-order valence-electron chi connectivity index (χ4n) is 1.65. The van der Waals surface area contributed by atoms with Crippen LogP contribution in [0.25, 0.3) is 0 Å². The summed E-state index contributed by atoms with van der Waals surface area (Å²) in [6.45, 7) is 2.33. The topological polar surface area (TPSA) is 57.6 Å². The van der Waals surface area contributed by atoms with Crippen molar-refractivity contribution >= 4 is 24.5 Å². The molecule has 0 aromatic carbocycles. The molecule has 0 bridgehead atoms. The lowest BCUT2D eigenvalue weighted by Gasteiger charge is -2.24. The van der Waals surface area contributed by atoms with Crippen LogP contribution in [0, 0.1) is 5.92 Å². The van der Waals surface area contributed by atoms with E-state index in [0.717, 1.165) is 6.42 Å². The number of carbonyl (C=O) groups excluding carboxylic acids is 1. The third-order valence-corrected chi connectivity index (χ3v) is 3.06. The van der Waals surface area contributed by atoms with Crippen LogP contribution in [-0.2, 0) is 9.59 Å². The van der Waals surface area contributed by atoms with Gasteiger partial charge in [0.25, 0.3) is 0 Å². The summed E-state index contributed by atoms with van der Waals surface area (Å²) in [5.41, 5.74) is 0. The van der Waals surface area contributed by atoms with Crippen molar-refractivity contribution in [3.8, 4) is 0 Å². The lowest BCUT2D eigenvalue weighted by atomic mass is 10.2. The average Bonchev–Trinajstić information content (AvgIpc) is 2.63. The first kappa shape index (κ1) is 11.4. The van der Waals surface area contributed by atoms with Gasteiger partial charge in [-0.05, 0) is 12.8 Å². The summed E-state index contributed by atoms with van der Waals surface area (Å²) in [6, 6.07) is -0.621. The van der Waals surface area contributed by atoms with E-state index in [1.54, 1.807) is 6.92 Å².